The largest absolute Gasteiger partial charge is 0.476 e. The molecule has 92 valence electrons. The molecule has 1 heterocycles. The second kappa shape index (κ2) is 4.14. The number of halogens is 1. The minimum Gasteiger partial charge on any atom is -0.476 e. The average Bonchev–Trinajstić information content (AvgIpc) is 3.09. The van der Waals surface area contributed by atoms with Crippen LogP contribution in [0.4, 0.5) is 0 Å². The predicted octanol–water partition coefficient (Wildman–Crippen LogP) is 3.10. The van der Waals surface area contributed by atoms with Crippen LogP contribution < -0.4 is 0 Å². The summed E-state index contributed by atoms with van der Waals surface area (Å²) in [5.41, 5.74) is 1.73. The first-order chi connectivity index (χ1) is 8.66. The van der Waals surface area contributed by atoms with Gasteiger partial charge in [-0.05, 0) is 31.0 Å². The normalized spacial score (nSPS) is 14.7. The highest BCUT2D eigenvalue weighted by Crippen LogP contribution is 2.41. The monoisotopic (exact) mass is 262 g/mol. The molecule has 1 aromatic carbocycles. The molecule has 1 N–H and O–H groups in total. The zero-order valence-electron chi connectivity index (χ0n) is 9.51. The first-order valence-corrected chi connectivity index (χ1v) is 6.13. The Morgan fingerprint density at radius 3 is 2.72 bits per heavy atom. The van der Waals surface area contributed by atoms with Gasteiger partial charge in [-0.3, -0.25) is 0 Å². The maximum Gasteiger partial charge on any atom is 0.356 e. The summed E-state index contributed by atoms with van der Waals surface area (Å²) in [6, 6.07) is 8.95. The molecule has 3 rings (SSSR count). The number of para-hydroxylation sites is 1. The Hall–Kier alpha value is -1.81. The number of aromatic carboxylic acids is 1. The lowest BCUT2D eigenvalue weighted by Gasteiger charge is -2.07. The molecule has 0 amide bonds. The molecular weight excluding hydrogens is 252 g/mol. The topological polar surface area (TPSA) is 55.1 Å². The number of nitrogens with zero attached hydrogens (tertiary/aromatic N) is 2. The first-order valence-electron chi connectivity index (χ1n) is 5.75. The van der Waals surface area contributed by atoms with Crippen LogP contribution in [0, 0.1) is 0 Å². The van der Waals surface area contributed by atoms with Crippen LogP contribution in [0.25, 0.3) is 5.69 Å². The van der Waals surface area contributed by atoms with Gasteiger partial charge in [-0.15, -0.1) is 0 Å². The van der Waals surface area contributed by atoms with Crippen molar-refractivity contribution in [2.24, 2.45) is 0 Å². The molecule has 4 nitrogen and oxygen atoms in total. The lowest BCUT2D eigenvalue weighted by atomic mass is 10.2. The number of aromatic nitrogens is 2. The summed E-state index contributed by atoms with van der Waals surface area (Å²) in [6.07, 6.45) is 2.16. The van der Waals surface area contributed by atoms with Crippen LogP contribution in [-0.4, -0.2) is 20.9 Å². The molecular formula is C13H11ClN2O2. The SMILES string of the molecule is O=C(O)c1cc(C2CC2)n(-c2ccccc2Cl)n1. The average molecular weight is 263 g/mol. The van der Waals surface area contributed by atoms with Gasteiger partial charge >= 0.3 is 5.97 Å². The number of hydrogen-bond donors (Lipinski definition) is 1. The summed E-state index contributed by atoms with van der Waals surface area (Å²) in [5.74, 6) is -0.607. The molecule has 0 aliphatic heterocycles. The fourth-order valence-electron chi connectivity index (χ4n) is 1.99. The van der Waals surface area contributed by atoms with Crippen molar-refractivity contribution >= 4 is 17.6 Å². The van der Waals surface area contributed by atoms with Crippen molar-refractivity contribution in [3.05, 3.63) is 46.7 Å². The highest BCUT2D eigenvalue weighted by atomic mass is 35.5. The predicted molar refractivity (Wildman–Crippen MR) is 67.5 cm³/mol. The molecule has 5 heteroatoms. The molecule has 1 aliphatic rings. The van der Waals surface area contributed by atoms with Gasteiger partial charge in [0.2, 0.25) is 0 Å². The lowest BCUT2D eigenvalue weighted by molar-refractivity contribution is 0.0690. The second-order valence-electron chi connectivity index (χ2n) is 4.40. The summed E-state index contributed by atoms with van der Waals surface area (Å²) in [6.45, 7) is 0. The zero-order chi connectivity index (χ0) is 12.7. The molecule has 1 fully saturated rings. The molecule has 18 heavy (non-hydrogen) atoms. The fourth-order valence-corrected chi connectivity index (χ4v) is 2.20. The van der Waals surface area contributed by atoms with E-state index in [0.717, 1.165) is 24.2 Å². The molecule has 1 aliphatic carbocycles. The van der Waals surface area contributed by atoms with Crippen LogP contribution in [-0.2, 0) is 0 Å². The molecule has 1 aromatic heterocycles. The van der Waals surface area contributed by atoms with E-state index in [1.54, 1.807) is 16.8 Å². The summed E-state index contributed by atoms with van der Waals surface area (Å²) in [5, 5.41) is 13.7. The van der Waals surface area contributed by atoms with Crippen molar-refractivity contribution in [3.8, 4) is 5.69 Å². The first kappa shape index (κ1) is 11.3. The number of hydrogen-bond acceptors (Lipinski definition) is 2. The maximum atomic E-state index is 11.0. The summed E-state index contributed by atoms with van der Waals surface area (Å²) < 4.78 is 1.66. The summed E-state index contributed by atoms with van der Waals surface area (Å²) >= 11 is 6.14. The highest BCUT2D eigenvalue weighted by molar-refractivity contribution is 6.32. The van der Waals surface area contributed by atoms with Crippen LogP contribution in [0.2, 0.25) is 5.02 Å². The maximum absolute atomic E-state index is 11.0. The van der Waals surface area contributed by atoms with Gasteiger partial charge in [-0.1, -0.05) is 23.7 Å². The Balaban J connectivity index is 2.15. The Kier molecular flexibility index (Phi) is 2.59. The Bertz CT molecular complexity index is 617. The van der Waals surface area contributed by atoms with E-state index in [1.165, 1.54) is 0 Å². The molecule has 2 aromatic rings. The van der Waals surface area contributed by atoms with Crippen LogP contribution in [0.1, 0.15) is 34.9 Å². The lowest BCUT2D eigenvalue weighted by Crippen LogP contribution is -2.03. The molecule has 0 spiro atoms. The molecule has 0 atom stereocenters. The van der Waals surface area contributed by atoms with E-state index in [-0.39, 0.29) is 5.69 Å². The smallest absolute Gasteiger partial charge is 0.356 e. The van der Waals surface area contributed by atoms with Crippen molar-refractivity contribution in [2.45, 2.75) is 18.8 Å². The van der Waals surface area contributed by atoms with Crippen molar-refractivity contribution < 1.29 is 9.90 Å². The number of rotatable bonds is 3. The van der Waals surface area contributed by atoms with E-state index < -0.39 is 5.97 Å². The quantitative estimate of drug-likeness (QED) is 0.925. The Morgan fingerprint density at radius 1 is 1.39 bits per heavy atom. The van der Waals surface area contributed by atoms with Crippen molar-refractivity contribution in [1.82, 2.24) is 9.78 Å². The minimum absolute atomic E-state index is 0.0665. The minimum atomic E-state index is -1.01. The number of carboxylic acids is 1. The van der Waals surface area contributed by atoms with Gasteiger partial charge < -0.3 is 5.11 Å². The van der Waals surface area contributed by atoms with Crippen molar-refractivity contribution in [1.29, 1.82) is 0 Å². The number of benzene rings is 1. The van der Waals surface area contributed by atoms with Gasteiger partial charge in [0.05, 0.1) is 10.7 Å². The zero-order valence-corrected chi connectivity index (χ0v) is 10.3. The van der Waals surface area contributed by atoms with Crippen molar-refractivity contribution in [3.63, 3.8) is 0 Å². The summed E-state index contributed by atoms with van der Waals surface area (Å²) in [7, 11) is 0. The standard InChI is InChI=1S/C13H11ClN2O2/c14-9-3-1-2-4-11(9)16-12(8-5-6-8)7-10(15-16)13(17)18/h1-4,7-8H,5-6H2,(H,17,18). The summed E-state index contributed by atoms with van der Waals surface area (Å²) in [4.78, 5) is 11.0. The third kappa shape index (κ3) is 1.88. The van der Waals surface area contributed by atoms with Gasteiger partial charge in [0.1, 0.15) is 0 Å². The van der Waals surface area contributed by atoms with Gasteiger partial charge in [-0.25, -0.2) is 9.48 Å². The molecule has 0 saturated heterocycles. The molecule has 1 saturated carbocycles. The fraction of sp³-hybridized carbons (Fsp3) is 0.231. The molecule has 0 bridgehead atoms. The van der Waals surface area contributed by atoms with E-state index in [9.17, 15) is 4.79 Å². The van der Waals surface area contributed by atoms with E-state index >= 15 is 0 Å². The number of carbonyl (C=O) groups is 1. The van der Waals surface area contributed by atoms with Crippen LogP contribution in [0.3, 0.4) is 0 Å². The van der Waals surface area contributed by atoms with Crippen molar-refractivity contribution in [2.75, 3.05) is 0 Å². The van der Waals surface area contributed by atoms with Crippen LogP contribution in [0.15, 0.2) is 30.3 Å². The number of carboxylic acid groups (broad SMARTS) is 1. The van der Waals surface area contributed by atoms with Gasteiger partial charge in [0.15, 0.2) is 5.69 Å². The van der Waals surface area contributed by atoms with Crippen LogP contribution in [0.5, 0.6) is 0 Å². The van der Waals surface area contributed by atoms with Gasteiger partial charge in [0.25, 0.3) is 0 Å². The molecule has 0 radical (unpaired) electrons. The third-order valence-corrected chi connectivity index (χ3v) is 3.35. The van der Waals surface area contributed by atoms with E-state index in [4.69, 9.17) is 16.7 Å². The van der Waals surface area contributed by atoms with E-state index in [2.05, 4.69) is 5.10 Å². The third-order valence-electron chi connectivity index (χ3n) is 3.03. The van der Waals surface area contributed by atoms with E-state index in [0.29, 0.717) is 10.9 Å². The van der Waals surface area contributed by atoms with E-state index in [1.807, 2.05) is 18.2 Å². The van der Waals surface area contributed by atoms with Gasteiger partial charge in [0, 0.05) is 11.6 Å². The Morgan fingerprint density at radius 2 is 2.11 bits per heavy atom. The van der Waals surface area contributed by atoms with Crippen LogP contribution >= 0.6 is 11.6 Å². The highest BCUT2D eigenvalue weighted by Gasteiger charge is 2.30. The second-order valence-corrected chi connectivity index (χ2v) is 4.80. The van der Waals surface area contributed by atoms with Gasteiger partial charge in [-0.2, -0.15) is 5.10 Å². The Labute approximate surface area is 109 Å². The molecule has 0 unspecified atom stereocenters.